The molecule has 2 aromatic carbocycles. The Bertz CT molecular complexity index is 1200. The largest absolute Gasteiger partial charge is 0.487 e. The molecule has 3 atom stereocenters. The Hall–Kier alpha value is -2.86. The van der Waals surface area contributed by atoms with E-state index in [0.717, 1.165) is 0 Å². The molecule has 0 saturated heterocycles. The van der Waals surface area contributed by atoms with Crippen molar-refractivity contribution in [2.75, 3.05) is 26.7 Å². The summed E-state index contributed by atoms with van der Waals surface area (Å²) in [4.78, 5) is 14.6. The Balaban J connectivity index is 2.02. The van der Waals surface area contributed by atoms with Gasteiger partial charge in [0.15, 0.2) is 0 Å². The van der Waals surface area contributed by atoms with Crippen molar-refractivity contribution in [1.29, 1.82) is 0 Å². The molecule has 1 aliphatic heterocycles. The smallest absolute Gasteiger partial charge is 0.253 e. The lowest BCUT2D eigenvalue weighted by molar-refractivity contribution is 0.0563. The first-order valence-corrected chi connectivity index (χ1v) is 13.2. The van der Waals surface area contributed by atoms with Crippen molar-refractivity contribution in [3.8, 4) is 17.6 Å². The van der Waals surface area contributed by atoms with Crippen LogP contribution < -0.4 is 4.74 Å². The molecule has 0 aromatic heterocycles. The van der Waals surface area contributed by atoms with E-state index in [-0.39, 0.29) is 48.1 Å². The van der Waals surface area contributed by atoms with Crippen LogP contribution in [0.2, 0.25) is 0 Å². The monoisotopic (exact) mass is 498 g/mol. The molecule has 0 aliphatic carbocycles. The van der Waals surface area contributed by atoms with E-state index in [1.165, 1.54) is 10.4 Å². The number of carbonyl (C=O) groups is 1. The van der Waals surface area contributed by atoms with Gasteiger partial charge in [0, 0.05) is 42.6 Å². The minimum Gasteiger partial charge on any atom is -0.487 e. The van der Waals surface area contributed by atoms with Crippen molar-refractivity contribution in [1.82, 2.24) is 9.21 Å². The van der Waals surface area contributed by atoms with E-state index in [4.69, 9.17) is 4.74 Å². The van der Waals surface area contributed by atoms with Gasteiger partial charge in [-0.3, -0.25) is 4.79 Å². The van der Waals surface area contributed by atoms with Gasteiger partial charge in [0.1, 0.15) is 16.7 Å². The molecule has 7 nitrogen and oxygen atoms in total. The van der Waals surface area contributed by atoms with Gasteiger partial charge in [-0.2, -0.15) is 4.31 Å². The highest BCUT2D eigenvalue weighted by molar-refractivity contribution is 7.89. The van der Waals surface area contributed by atoms with E-state index in [1.54, 1.807) is 43.1 Å². The summed E-state index contributed by atoms with van der Waals surface area (Å²) >= 11 is 0. The second-order valence-corrected chi connectivity index (χ2v) is 11.2. The molecular formula is C27H34N2O5S. The number of aliphatic hydroxyl groups excluding tert-OH is 1. The third kappa shape index (κ3) is 6.23. The second-order valence-electron chi connectivity index (χ2n) is 9.38. The van der Waals surface area contributed by atoms with Gasteiger partial charge < -0.3 is 14.7 Å². The molecule has 1 heterocycles. The number of benzene rings is 2. The maximum absolute atomic E-state index is 13.6. The molecule has 2 aromatic rings. The fourth-order valence-electron chi connectivity index (χ4n) is 3.90. The number of aliphatic hydroxyl groups is 1. The molecule has 188 valence electrons. The van der Waals surface area contributed by atoms with Crippen molar-refractivity contribution in [3.63, 3.8) is 0 Å². The molecule has 3 rings (SSSR count). The van der Waals surface area contributed by atoms with Crippen LogP contribution in [0, 0.1) is 23.7 Å². The van der Waals surface area contributed by atoms with Crippen molar-refractivity contribution in [2.24, 2.45) is 11.8 Å². The number of hydrogen-bond acceptors (Lipinski definition) is 5. The number of nitrogens with zero attached hydrogens (tertiary/aromatic N) is 2. The Morgan fingerprint density at radius 1 is 1.20 bits per heavy atom. The molecule has 1 amide bonds. The van der Waals surface area contributed by atoms with Crippen molar-refractivity contribution in [3.05, 3.63) is 59.7 Å². The predicted molar refractivity (Wildman–Crippen MR) is 136 cm³/mol. The third-order valence-electron chi connectivity index (χ3n) is 5.99. The van der Waals surface area contributed by atoms with Crippen molar-refractivity contribution >= 4 is 15.9 Å². The first kappa shape index (κ1) is 26.7. The lowest BCUT2D eigenvalue weighted by atomic mass is 10.0. The molecule has 0 unspecified atom stereocenters. The fraction of sp³-hybridized carbons (Fsp3) is 0.444. The molecule has 0 saturated carbocycles. The summed E-state index contributed by atoms with van der Waals surface area (Å²) in [5.41, 5.74) is 1.22. The number of likely N-dealkylation sites (N-methyl/N-ethyl adjacent to an activating group) is 1. The zero-order chi connectivity index (χ0) is 25.8. The van der Waals surface area contributed by atoms with E-state index in [9.17, 15) is 18.3 Å². The highest BCUT2D eigenvalue weighted by Gasteiger charge is 2.38. The summed E-state index contributed by atoms with van der Waals surface area (Å²) in [6.07, 6.45) is -0.483. The standard InChI is InChI=1S/C27H34N2O5S/c1-19(2)11-12-22-13-14-26-24(15-22)34-25(17-28(5)27(31)23-9-7-6-8-10-23)20(3)16-29(21(4)18-30)35(26,32)33/h6-10,13-15,19-21,25,30H,16-18H2,1-5H3/t20-,21-,25-/m0/s1. The fourth-order valence-corrected chi connectivity index (χ4v) is 5.73. The summed E-state index contributed by atoms with van der Waals surface area (Å²) in [6, 6.07) is 13.2. The van der Waals surface area contributed by atoms with Crippen LogP contribution in [0.25, 0.3) is 0 Å². The first-order chi connectivity index (χ1) is 16.5. The summed E-state index contributed by atoms with van der Waals surface area (Å²) in [6.45, 7) is 7.63. The Morgan fingerprint density at radius 2 is 1.89 bits per heavy atom. The molecule has 0 spiro atoms. The van der Waals surface area contributed by atoms with Crippen LogP contribution in [0.15, 0.2) is 53.4 Å². The van der Waals surface area contributed by atoms with E-state index < -0.39 is 22.2 Å². The molecule has 1 N–H and O–H groups in total. The number of amides is 1. The van der Waals surface area contributed by atoms with Crippen molar-refractivity contribution in [2.45, 2.75) is 44.7 Å². The Kier molecular flexibility index (Phi) is 8.60. The van der Waals surface area contributed by atoms with Crippen LogP contribution >= 0.6 is 0 Å². The Labute approximate surface area is 208 Å². The average Bonchev–Trinajstić information content (AvgIpc) is 2.84. The molecule has 0 bridgehead atoms. The summed E-state index contributed by atoms with van der Waals surface area (Å²) in [5, 5.41) is 9.78. The number of fused-ring (bicyclic) bond motifs is 1. The van der Waals surface area contributed by atoms with Crippen LogP contribution in [-0.4, -0.2) is 67.5 Å². The zero-order valence-electron chi connectivity index (χ0n) is 20.9. The Morgan fingerprint density at radius 3 is 2.51 bits per heavy atom. The SMILES string of the molecule is CC(C)C#Cc1ccc2c(c1)O[C@@H](CN(C)C(=O)c1ccccc1)[C@@H](C)CN([C@@H](C)CO)S2(=O)=O. The minimum atomic E-state index is -3.93. The normalized spacial score (nSPS) is 20.4. The van der Waals surface area contributed by atoms with Gasteiger partial charge in [-0.1, -0.05) is 50.8 Å². The van der Waals surface area contributed by atoms with Gasteiger partial charge in [-0.15, -0.1) is 0 Å². The summed E-state index contributed by atoms with van der Waals surface area (Å²) in [7, 11) is -2.22. The number of carbonyl (C=O) groups excluding carboxylic acids is 1. The van der Waals surface area contributed by atoms with Crippen LogP contribution in [-0.2, 0) is 10.0 Å². The quantitative estimate of drug-likeness (QED) is 0.640. The lowest BCUT2D eigenvalue weighted by Crippen LogP contribution is -2.50. The van der Waals surface area contributed by atoms with E-state index >= 15 is 0 Å². The molecule has 0 fully saturated rings. The summed E-state index contributed by atoms with van der Waals surface area (Å²) in [5.74, 6) is 6.11. The number of ether oxygens (including phenoxy) is 1. The van der Waals surface area contributed by atoms with E-state index in [1.807, 2.05) is 39.0 Å². The highest BCUT2D eigenvalue weighted by Crippen LogP contribution is 2.34. The predicted octanol–water partition coefficient (Wildman–Crippen LogP) is 3.23. The van der Waals surface area contributed by atoms with E-state index in [0.29, 0.717) is 11.1 Å². The lowest BCUT2D eigenvalue weighted by Gasteiger charge is -2.37. The first-order valence-electron chi connectivity index (χ1n) is 11.8. The molecule has 8 heteroatoms. The number of rotatable bonds is 5. The molecule has 0 radical (unpaired) electrons. The van der Waals surface area contributed by atoms with Gasteiger partial charge in [0.05, 0.1) is 13.2 Å². The van der Waals surface area contributed by atoms with Gasteiger partial charge in [-0.25, -0.2) is 8.42 Å². The minimum absolute atomic E-state index is 0.0295. The average molecular weight is 499 g/mol. The number of hydrogen-bond donors (Lipinski definition) is 1. The van der Waals surface area contributed by atoms with Crippen LogP contribution in [0.3, 0.4) is 0 Å². The van der Waals surface area contributed by atoms with Gasteiger partial charge in [-0.05, 0) is 37.3 Å². The van der Waals surface area contributed by atoms with Gasteiger partial charge >= 0.3 is 0 Å². The molecule has 1 aliphatic rings. The molecular weight excluding hydrogens is 464 g/mol. The van der Waals surface area contributed by atoms with Crippen LogP contribution in [0.1, 0.15) is 43.6 Å². The zero-order valence-corrected chi connectivity index (χ0v) is 21.7. The third-order valence-corrected chi connectivity index (χ3v) is 8.01. The topological polar surface area (TPSA) is 87.2 Å². The van der Waals surface area contributed by atoms with Crippen LogP contribution in [0.5, 0.6) is 5.75 Å². The van der Waals surface area contributed by atoms with E-state index in [2.05, 4.69) is 11.8 Å². The maximum Gasteiger partial charge on any atom is 0.253 e. The van der Waals surface area contributed by atoms with Crippen molar-refractivity contribution < 1.29 is 23.1 Å². The maximum atomic E-state index is 13.6. The second kappa shape index (κ2) is 11.3. The molecule has 35 heavy (non-hydrogen) atoms. The van der Waals surface area contributed by atoms with Gasteiger partial charge in [0.2, 0.25) is 10.0 Å². The number of sulfonamides is 1. The van der Waals surface area contributed by atoms with Crippen LogP contribution in [0.4, 0.5) is 0 Å². The highest BCUT2D eigenvalue weighted by atomic mass is 32.2. The van der Waals surface area contributed by atoms with Gasteiger partial charge in [0.25, 0.3) is 5.91 Å². The summed E-state index contributed by atoms with van der Waals surface area (Å²) < 4.78 is 34.8.